The molecule has 5 amide bonds. The van der Waals surface area contributed by atoms with Crippen LogP contribution in [0.1, 0.15) is 34.3 Å². The average Bonchev–Trinajstić information content (AvgIpc) is 3.06. The maximum atomic E-state index is 13.3. The van der Waals surface area contributed by atoms with Gasteiger partial charge in [-0.25, -0.2) is 13.6 Å². The van der Waals surface area contributed by atoms with Crippen molar-refractivity contribution >= 4 is 29.4 Å². The van der Waals surface area contributed by atoms with Crippen molar-refractivity contribution in [2.75, 3.05) is 5.32 Å². The maximum Gasteiger partial charge on any atom is 0.319 e. The molecule has 4 N–H and O–H groups in total. The van der Waals surface area contributed by atoms with E-state index in [1.54, 1.807) is 18.2 Å². The number of halogens is 2. The lowest BCUT2D eigenvalue weighted by Crippen LogP contribution is -2.52. The highest BCUT2D eigenvalue weighted by molar-refractivity contribution is 6.05. The number of nitrogens with zero attached hydrogens (tertiary/aromatic N) is 1. The molecule has 0 bridgehead atoms. The Morgan fingerprint density at radius 1 is 1.16 bits per heavy atom. The predicted molar refractivity (Wildman–Crippen MR) is 106 cm³/mol. The number of rotatable bonds is 4. The number of aromatic hydroxyl groups is 1. The summed E-state index contributed by atoms with van der Waals surface area (Å²) in [4.78, 5) is 49.6. The number of benzene rings is 2. The first-order valence-electron chi connectivity index (χ1n) is 9.72. The van der Waals surface area contributed by atoms with Gasteiger partial charge >= 0.3 is 6.03 Å². The maximum absolute atomic E-state index is 13.3. The Balaban J connectivity index is 1.39. The van der Waals surface area contributed by atoms with Crippen LogP contribution in [0.25, 0.3) is 0 Å². The molecular weight excluding hydrogens is 426 g/mol. The first-order valence-corrected chi connectivity index (χ1v) is 9.72. The number of phenolic OH excluding ortho intramolecular Hbond substituents is 1. The highest BCUT2D eigenvalue weighted by Gasteiger charge is 2.39. The number of phenols is 1. The number of fused-ring (bicyclic) bond motifs is 1. The number of carbonyl (C=O) groups is 4. The molecule has 32 heavy (non-hydrogen) atoms. The van der Waals surface area contributed by atoms with Gasteiger partial charge in [-0.15, -0.1) is 0 Å². The fraction of sp³-hybridized carbons (Fsp3) is 0.238. The minimum absolute atomic E-state index is 0.0517. The molecule has 9 nitrogen and oxygen atoms in total. The van der Waals surface area contributed by atoms with Crippen LogP contribution in [0.15, 0.2) is 30.3 Å². The van der Waals surface area contributed by atoms with E-state index in [9.17, 15) is 33.1 Å². The lowest BCUT2D eigenvalue weighted by atomic mass is 10.0. The van der Waals surface area contributed by atoms with E-state index < -0.39 is 35.4 Å². The summed E-state index contributed by atoms with van der Waals surface area (Å²) < 4.78 is 26.4. The van der Waals surface area contributed by atoms with Crippen molar-refractivity contribution < 1.29 is 33.1 Å². The Morgan fingerprint density at radius 2 is 1.91 bits per heavy atom. The topological polar surface area (TPSA) is 128 Å². The van der Waals surface area contributed by atoms with Crippen LogP contribution in [0.2, 0.25) is 0 Å². The lowest BCUT2D eigenvalue weighted by Gasteiger charge is -2.29. The number of nitrogens with one attached hydrogen (secondary N) is 3. The zero-order valence-corrected chi connectivity index (χ0v) is 16.6. The Kier molecular flexibility index (Phi) is 5.47. The Labute approximate surface area is 180 Å². The molecule has 1 unspecified atom stereocenters. The highest BCUT2D eigenvalue weighted by Crippen LogP contribution is 2.28. The molecule has 0 spiro atoms. The number of amides is 5. The van der Waals surface area contributed by atoms with E-state index in [1.165, 1.54) is 4.90 Å². The second-order valence-corrected chi connectivity index (χ2v) is 7.48. The third-order valence-electron chi connectivity index (χ3n) is 5.33. The summed E-state index contributed by atoms with van der Waals surface area (Å²) >= 11 is 0. The monoisotopic (exact) mass is 444 g/mol. The molecule has 0 aromatic heterocycles. The molecule has 4 rings (SSSR count). The Hall–Kier alpha value is -4.02. The van der Waals surface area contributed by atoms with E-state index in [1.807, 2.05) is 0 Å². The molecule has 0 saturated carbocycles. The van der Waals surface area contributed by atoms with Crippen molar-refractivity contribution in [3.63, 3.8) is 0 Å². The fourth-order valence-electron chi connectivity index (χ4n) is 3.72. The van der Waals surface area contributed by atoms with E-state index in [4.69, 9.17) is 0 Å². The zero-order chi connectivity index (χ0) is 23.0. The molecule has 2 aromatic carbocycles. The van der Waals surface area contributed by atoms with E-state index in [0.717, 1.165) is 0 Å². The van der Waals surface area contributed by atoms with Crippen LogP contribution in [-0.4, -0.2) is 39.8 Å². The van der Waals surface area contributed by atoms with Crippen molar-refractivity contribution in [2.45, 2.75) is 32.0 Å². The Bertz CT molecular complexity index is 1150. The number of imide groups is 1. The van der Waals surface area contributed by atoms with Crippen LogP contribution in [0.3, 0.4) is 0 Å². The second kappa shape index (κ2) is 8.25. The number of carbonyl (C=O) groups excluding carboxylic acids is 4. The standard InChI is InChI=1S/C21H18F2N4O5/c22-13-6-15(17(28)7-14(13)23)25-21(32)24-8-10-1-2-12-11(5-10)9-27(20(12)31)16-3-4-18(29)26-19(16)30/h1-2,5-7,16,28H,3-4,8-9H2,(H2,24,25,32)(H,26,29,30). The molecule has 1 fully saturated rings. The summed E-state index contributed by atoms with van der Waals surface area (Å²) in [7, 11) is 0. The molecule has 2 aromatic rings. The zero-order valence-electron chi connectivity index (χ0n) is 16.6. The van der Waals surface area contributed by atoms with Gasteiger partial charge in [0.05, 0.1) is 5.69 Å². The number of anilines is 1. The highest BCUT2D eigenvalue weighted by atomic mass is 19.2. The van der Waals surface area contributed by atoms with Gasteiger partial charge in [-0.2, -0.15) is 0 Å². The quantitative estimate of drug-likeness (QED) is 0.422. The summed E-state index contributed by atoms with van der Waals surface area (Å²) in [6, 6.07) is 4.69. The summed E-state index contributed by atoms with van der Waals surface area (Å²) in [6.07, 6.45) is 0.421. The van der Waals surface area contributed by atoms with E-state index >= 15 is 0 Å². The van der Waals surface area contributed by atoms with E-state index in [0.29, 0.717) is 28.8 Å². The summed E-state index contributed by atoms with van der Waals surface area (Å²) in [5.41, 5.74) is 1.49. The molecule has 2 aliphatic heterocycles. The van der Waals surface area contributed by atoms with Crippen LogP contribution < -0.4 is 16.0 Å². The largest absolute Gasteiger partial charge is 0.506 e. The van der Waals surface area contributed by atoms with Crippen molar-refractivity contribution in [3.8, 4) is 5.75 Å². The SMILES string of the molecule is O=C1CCC(N2Cc3cc(CNC(=O)Nc4cc(F)c(F)cc4O)ccc3C2=O)C(=O)N1. The van der Waals surface area contributed by atoms with Crippen LogP contribution in [0.5, 0.6) is 5.75 Å². The minimum Gasteiger partial charge on any atom is -0.506 e. The van der Waals surface area contributed by atoms with Gasteiger partial charge in [0, 0.05) is 37.2 Å². The molecule has 0 radical (unpaired) electrons. The number of urea groups is 1. The third-order valence-corrected chi connectivity index (χ3v) is 5.33. The average molecular weight is 444 g/mol. The predicted octanol–water partition coefficient (Wildman–Crippen LogP) is 1.75. The number of piperidine rings is 1. The molecule has 166 valence electrons. The van der Waals surface area contributed by atoms with Gasteiger partial charge in [0.25, 0.3) is 5.91 Å². The molecule has 0 aliphatic carbocycles. The molecule has 1 atom stereocenters. The summed E-state index contributed by atoms with van der Waals surface area (Å²) in [5.74, 6) is -4.25. The van der Waals surface area contributed by atoms with Crippen LogP contribution in [-0.2, 0) is 22.7 Å². The van der Waals surface area contributed by atoms with Gasteiger partial charge in [0.1, 0.15) is 11.8 Å². The van der Waals surface area contributed by atoms with Crippen molar-refractivity contribution in [2.24, 2.45) is 0 Å². The van der Waals surface area contributed by atoms with Gasteiger partial charge in [-0.05, 0) is 23.6 Å². The molecular formula is C21H18F2N4O5. The third kappa shape index (κ3) is 4.09. The number of hydrogen-bond donors (Lipinski definition) is 4. The van der Waals surface area contributed by atoms with Gasteiger partial charge in [0.2, 0.25) is 11.8 Å². The lowest BCUT2D eigenvalue weighted by molar-refractivity contribution is -0.136. The Morgan fingerprint density at radius 3 is 2.66 bits per heavy atom. The van der Waals surface area contributed by atoms with Gasteiger partial charge in [-0.3, -0.25) is 19.7 Å². The fourth-order valence-corrected chi connectivity index (χ4v) is 3.72. The first-order chi connectivity index (χ1) is 15.2. The smallest absolute Gasteiger partial charge is 0.319 e. The van der Waals surface area contributed by atoms with E-state index in [-0.39, 0.29) is 43.4 Å². The van der Waals surface area contributed by atoms with E-state index in [2.05, 4.69) is 16.0 Å². The second-order valence-electron chi connectivity index (χ2n) is 7.48. The molecule has 2 heterocycles. The molecule has 2 aliphatic rings. The summed E-state index contributed by atoms with van der Waals surface area (Å²) in [6.45, 7) is 0.249. The van der Waals surface area contributed by atoms with Crippen LogP contribution in [0.4, 0.5) is 19.3 Å². The van der Waals surface area contributed by atoms with Gasteiger partial charge in [-0.1, -0.05) is 12.1 Å². The van der Waals surface area contributed by atoms with Crippen LogP contribution >= 0.6 is 0 Å². The van der Waals surface area contributed by atoms with Gasteiger partial charge in [0.15, 0.2) is 11.6 Å². The van der Waals surface area contributed by atoms with Crippen molar-refractivity contribution in [1.29, 1.82) is 0 Å². The molecule has 1 saturated heterocycles. The molecule has 11 heteroatoms. The van der Waals surface area contributed by atoms with Crippen molar-refractivity contribution in [1.82, 2.24) is 15.5 Å². The first kappa shape index (κ1) is 21.2. The normalized spacial score (nSPS) is 17.8. The van der Waals surface area contributed by atoms with Crippen LogP contribution in [0, 0.1) is 11.6 Å². The summed E-state index contributed by atoms with van der Waals surface area (Å²) in [5, 5.41) is 16.6. The number of hydrogen-bond acceptors (Lipinski definition) is 5. The van der Waals surface area contributed by atoms with Crippen molar-refractivity contribution in [3.05, 3.63) is 58.7 Å². The minimum atomic E-state index is -1.24. The van der Waals surface area contributed by atoms with Gasteiger partial charge < -0.3 is 20.6 Å².